The Labute approximate surface area is 138 Å². The first kappa shape index (κ1) is 15.0. The highest BCUT2D eigenvalue weighted by molar-refractivity contribution is 6.01. The number of aryl methyl sites for hydroxylation is 1. The van der Waals surface area contributed by atoms with Gasteiger partial charge in [0.2, 0.25) is 0 Å². The van der Waals surface area contributed by atoms with Crippen LogP contribution in [-0.2, 0) is 7.05 Å². The van der Waals surface area contributed by atoms with E-state index < -0.39 is 0 Å². The van der Waals surface area contributed by atoms with Crippen molar-refractivity contribution in [2.24, 2.45) is 29.7 Å². The Morgan fingerprint density at radius 2 is 1.91 bits per heavy atom. The van der Waals surface area contributed by atoms with Crippen LogP contribution < -0.4 is 0 Å². The lowest BCUT2D eigenvalue weighted by Gasteiger charge is -2.40. The van der Waals surface area contributed by atoms with E-state index in [1.165, 1.54) is 30.2 Å². The number of benzene rings is 1. The van der Waals surface area contributed by atoms with Crippen LogP contribution in [0.15, 0.2) is 30.5 Å². The van der Waals surface area contributed by atoms with E-state index in [-0.39, 0.29) is 5.92 Å². The molecule has 0 radical (unpaired) electrons. The van der Waals surface area contributed by atoms with E-state index in [1.54, 1.807) is 0 Å². The van der Waals surface area contributed by atoms with Crippen molar-refractivity contribution in [2.75, 3.05) is 0 Å². The predicted octanol–water partition coefficient (Wildman–Crippen LogP) is 5.21. The molecule has 122 valence electrons. The van der Waals surface area contributed by atoms with Gasteiger partial charge in [0.15, 0.2) is 5.78 Å². The molecule has 0 saturated heterocycles. The summed E-state index contributed by atoms with van der Waals surface area (Å²) in [6.45, 7) is 7.15. The Hall–Kier alpha value is -1.57. The van der Waals surface area contributed by atoms with Crippen molar-refractivity contribution in [2.45, 2.75) is 46.5 Å². The van der Waals surface area contributed by atoms with Crippen LogP contribution in [0.2, 0.25) is 0 Å². The predicted molar refractivity (Wildman–Crippen MR) is 94.6 cm³/mol. The molecule has 0 spiro atoms. The second-order valence-corrected chi connectivity index (χ2v) is 9.20. The summed E-state index contributed by atoms with van der Waals surface area (Å²) in [5.41, 5.74) is 2.85. The molecular formula is C21H27NO. The van der Waals surface area contributed by atoms with Gasteiger partial charge in [-0.15, -0.1) is 0 Å². The smallest absolute Gasteiger partial charge is 0.166 e. The highest BCUT2D eigenvalue weighted by Crippen LogP contribution is 2.60. The lowest BCUT2D eigenvalue weighted by molar-refractivity contribution is 0.0850. The second kappa shape index (κ2) is 4.72. The van der Waals surface area contributed by atoms with Gasteiger partial charge in [0.25, 0.3) is 0 Å². The Bertz CT molecular complexity index is 784. The van der Waals surface area contributed by atoms with Gasteiger partial charge in [-0.25, -0.2) is 0 Å². The Morgan fingerprint density at radius 3 is 2.70 bits per heavy atom. The van der Waals surface area contributed by atoms with Crippen molar-refractivity contribution in [3.63, 3.8) is 0 Å². The second-order valence-electron chi connectivity index (χ2n) is 9.20. The van der Waals surface area contributed by atoms with Crippen LogP contribution in [0.25, 0.3) is 10.9 Å². The van der Waals surface area contributed by atoms with E-state index in [9.17, 15) is 4.79 Å². The fourth-order valence-electron chi connectivity index (χ4n) is 5.81. The summed E-state index contributed by atoms with van der Waals surface area (Å²) in [6.07, 6.45) is 6.84. The van der Waals surface area contributed by atoms with E-state index >= 15 is 0 Å². The Balaban J connectivity index is 1.66. The molecule has 2 aliphatic carbocycles. The summed E-state index contributed by atoms with van der Waals surface area (Å²) in [6, 6.07) is 8.31. The number of rotatable bonds is 2. The lowest BCUT2D eigenvalue weighted by Crippen LogP contribution is -2.30. The molecule has 4 rings (SSSR count). The summed E-state index contributed by atoms with van der Waals surface area (Å²) < 4.78 is 2.11. The van der Waals surface area contributed by atoms with E-state index in [2.05, 4.69) is 49.7 Å². The Kier molecular flexibility index (Phi) is 3.07. The number of carbonyl (C=O) groups is 1. The van der Waals surface area contributed by atoms with Crippen LogP contribution in [0.4, 0.5) is 0 Å². The number of Topliss-reactive ketones (excluding diaryl/α,β-unsaturated/α-hetero) is 1. The van der Waals surface area contributed by atoms with Gasteiger partial charge in [-0.05, 0) is 66.7 Å². The molecule has 0 aliphatic heterocycles. The monoisotopic (exact) mass is 309 g/mol. The van der Waals surface area contributed by atoms with Crippen LogP contribution in [-0.4, -0.2) is 10.4 Å². The van der Waals surface area contributed by atoms with Gasteiger partial charge in [0.1, 0.15) is 0 Å². The fraction of sp³-hybridized carbons (Fsp3) is 0.571. The summed E-state index contributed by atoms with van der Waals surface area (Å²) in [4.78, 5) is 13.2. The van der Waals surface area contributed by atoms with Crippen molar-refractivity contribution < 1.29 is 4.79 Å². The van der Waals surface area contributed by atoms with Gasteiger partial charge < -0.3 is 4.57 Å². The molecule has 2 nitrogen and oxygen atoms in total. The average molecular weight is 309 g/mol. The van der Waals surface area contributed by atoms with Crippen molar-refractivity contribution in [3.8, 4) is 0 Å². The van der Waals surface area contributed by atoms with Gasteiger partial charge in [-0.2, -0.15) is 0 Å². The quantitative estimate of drug-likeness (QED) is 0.698. The Morgan fingerprint density at radius 1 is 1.13 bits per heavy atom. The zero-order valence-corrected chi connectivity index (χ0v) is 14.7. The number of hydrogen-bond donors (Lipinski definition) is 0. The molecule has 2 aromatic rings. The number of hydrogen-bond acceptors (Lipinski definition) is 1. The zero-order chi connectivity index (χ0) is 16.4. The van der Waals surface area contributed by atoms with E-state index in [1.807, 2.05) is 13.1 Å². The minimum atomic E-state index is 0.225. The third-order valence-corrected chi connectivity index (χ3v) is 6.26. The molecule has 2 bridgehead atoms. The standard InChI is InChI=1S/C21H27NO/c1-20(2)10-16-11-21(3,13-20)12-17(16)19(23)15-5-6-18-14(9-15)7-8-22(18)4/h5-9,16-17H,10-13H2,1-4H3. The van der Waals surface area contributed by atoms with Crippen LogP contribution in [0.5, 0.6) is 0 Å². The first-order chi connectivity index (χ1) is 10.8. The van der Waals surface area contributed by atoms with Crippen LogP contribution in [0.3, 0.4) is 0 Å². The summed E-state index contributed by atoms with van der Waals surface area (Å²) >= 11 is 0. The number of aromatic nitrogens is 1. The molecule has 1 aromatic carbocycles. The average Bonchev–Trinajstić information content (AvgIpc) is 2.94. The molecule has 3 atom stereocenters. The van der Waals surface area contributed by atoms with E-state index in [4.69, 9.17) is 0 Å². The van der Waals surface area contributed by atoms with Crippen molar-refractivity contribution in [1.29, 1.82) is 0 Å². The lowest BCUT2D eigenvalue weighted by atomic mass is 9.65. The first-order valence-corrected chi connectivity index (χ1v) is 8.86. The largest absolute Gasteiger partial charge is 0.351 e. The van der Waals surface area contributed by atoms with Gasteiger partial charge in [-0.3, -0.25) is 4.79 Å². The maximum Gasteiger partial charge on any atom is 0.166 e. The summed E-state index contributed by atoms with van der Waals surface area (Å²) in [5.74, 6) is 1.17. The maximum absolute atomic E-state index is 13.2. The van der Waals surface area contributed by atoms with E-state index in [0.29, 0.717) is 22.5 Å². The van der Waals surface area contributed by atoms with Crippen molar-refractivity contribution in [1.82, 2.24) is 4.57 Å². The van der Waals surface area contributed by atoms with Gasteiger partial charge in [0.05, 0.1) is 0 Å². The number of fused-ring (bicyclic) bond motifs is 3. The van der Waals surface area contributed by atoms with E-state index in [0.717, 1.165) is 12.0 Å². The molecule has 3 unspecified atom stereocenters. The van der Waals surface area contributed by atoms with Gasteiger partial charge in [0, 0.05) is 35.6 Å². The van der Waals surface area contributed by atoms with Crippen LogP contribution in [0, 0.1) is 22.7 Å². The maximum atomic E-state index is 13.2. The number of carbonyl (C=O) groups excluding carboxylic acids is 1. The molecule has 23 heavy (non-hydrogen) atoms. The van der Waals surface area contributed by atoms with Gasteiger partial charge >= 0.3 is 0 Å². The molecule has 2 fully saturated rings. The molecule has 0 amide bonds. The molecule has 2 heteroatoms. The third-order valence-electron chi connectivity index (χ3n) is 6.26. The minimum Gasteiger partial charge on any atom is -0.351 e. The van der Waals surface area contributed by atoms with Crippen molar-refractivity contribution in [3.05, 3.63) is 36.0 Å². The van der Waals surface area contributed by atoms with Gasteiger partial charge in [-0.1, -0.05) is 20.8 Å². The highest BCUT2D eigenvalue weighted by atomic mass is 16.1. The topological polar surface area (TPSA) is 22.0 Å². The molecule has 2 aliphatic rings. The van der Waals surface area contributed by atoms with Crippen LogP contribution >= 0.6 is 0 Å². The first-order valence-electron chi connectivity index (χ1n) is 8.86. The summed E-state index contributed by atoms with van der Waals surface area (Å²) in [5, 5.41) is 1.17. The number of ketones is 1. The molecule has 1 aromatic heterocycles. The minimum absolute atomic E-state index is 0.225. The normalized spacial score (nSPS) is 32.3. The summed E-state index contributed by atoms with van der Waals surface area (Å²) in [7, 11) is 2.05. The highest BCUT2D eigenvalue weighted by Gasteiger charge is 2.52. The molecule has 1 heterocycles. The zero-order valence-electron chi connectivity index (χ0n) is 14.7. The van der Waals surface area contributed by atoms with Crippen molar-refractivity contribution >= 4 is 16.7 Å². The SMILES string of the molecule is Cn1ccc2cc(C(=O)C3CC4(C)CC3CC(C)(C)C4)ccc21. The molecule has 2 saturated carbocycles. The fourth-order valence-corrected chi connectivity index (χ4v) is 5.81. The number of nitrogens with zero attached hydrogens (tertiary/aromatic N) is 1. The molecular weight excluding hydrogens is 282 g/mol. The molecule has 0 N–H and O–H groups in total. The van der Waals surface area contributed by atoms with Crippen LogP contribution in [0.1, 0.15) is 56.8 Å². The third kappa shape index (κ3) is 2.43.